The van der Waals surface area contributed by atoms with Crippen LogP contribution in [0.4, 0.5) is 5.69 Å². The predicted molar refractivity (Wildman–Crippen MR) is 97.1 cm³/mol. The molecule has 1 aliphatic heterocycles. The summed E-state index contributed by atoms with van der Waals surface area (Å²) >= 11 is 3.36. The van der Waals surface area contributed by atoms with E-state index in [1.807, 2.05) is 13.0 Å². The summed E-state index contributed by atoms with van der Waals surface area (Å²) in [7, 11) is 0. The normalized spacial score (nSPS) is 16.8. The Labute approximate surface area is 152 Å². The number of aromatic nitrogens is 2. The second-order valence-corrected chi connectivity index (χ2v) is 6.89. The highest BCUT2D eigenvalue weighted by atomic mass is 79.9. The van der Waals surface area contributed by atoms with Gasteiger partial charge in [-0.15, -0.1) is 0 Å². The maximum atomic E-state index is 12.6. The minimum atomic E-state index is -0.619. The number of carbonyl (C=O) groups is 1. The van der Waals surface area contributed by atoms with Crippen LogP contribution in [0.3, 0.4) is 0 Å². The van der Waals surface area contributed by atoms with Crippen molar-refractivity contribution in [2.45, 2.75) is 32.4 Å². The zero-order chi connectivity index (χ0) is 18.0. The summed E-state index contributed by atoms with van der Waals surface area (Å²) in [6.45, 7) is 2.62. The first-order chi connectivity index (χ1) is 12.0. The van der Waals surface area contributed by atoms with Gasteiger partial charge < -0.3 is 15.0 Å². The Morgan fingerprint density at radius 2 is 2.24 bits per heavy atom. The Kier molecular flexibility index (Phi) is 5.19. The molecule has 1 amide bonds. The molecular formula is C17H18BrN3O4. The average molecular weight is 408 g/mol. The van der Waals surface area contributed by atoms with Crippen LogP contribution in [0.2, 0.25) is 0 Å². The number of H-pyrrole nitrogens is 1. The van der Waals surface area contributed by atoms with Gasteiger partial charge in [-0.2, -0.15) is 0 Å². The monoisotopic (exact) mass is 407 g/mol. The molecule has 1 aromatic carbocycles. The number of anilines is 1. The number of benzene rings is 1. The summed E-state index contributed by atoms with van der Waals surface area (Å²) in [4.78, 5) is 39.5. The molecule has 1 unspecified atom stereocenters. The molecule has 1 aromatic heterocycles. The molecule has 0 bridgehead atoms. The van der Waals surface area contributed by atoms with Crippen LogP contribution in [-0.2, 0) is 11.3 Å². The lowest BCUT2D eigenvalue weighted by Crippen LogP contribution is -2.41. The topological polar surface area (TPSA) is 93.2 Å². The Morgan fingerprint density at radius 1 is 1.44 bits per heavy atom. The van der Waals surface area contributed by atoms with Gasteiger partial charge in [0.25, 0.3) is 11.5 Å². The van der Waals surface area contributed by atoms with Gasteiger partial charge in [-0.1, -0.05) is 15.9 Å². The van der Waals surface area contributed by atoms with Crippen molar-refractivity contribution in [2.24, 2.45) is 0 Å². The van der Waals surface area contributed by atoms with Gasteiger partial charge in [-0.3, -0.25) is 14.2 Å². The number of halogens is 1. The van der Waals surface area contributed by atoms with Gasteiger partial charge in [0.1, 0.15) is 5.56 Å². The van der Waals surface area contributed by atoms with Crippen LogP contribution in [-0.4, -0.2) is 28.2 Å². The van der Waals surface area contributed by atoms with E-state index in [4.69, 9.17) is 4.74 Å². The molecule has 1 aliphatic rings. The number of aromatic amines is 1. The van der Waals surface area contributed by atoms with Gasteiger partial charge in [0, 0.05) is 23.0 Å². The molecule has 1 atom stereocenters. The summed E-state index contributed by atoms with van der Waals surface area (Å²) < 4.78 is 7.39. The number of amides is 1. The molecule has 0 aliphatic carbocycles. The molecule has 7 nitrogen and oxygen atoms in total. The van der Waals surface area contributed by atoms with Crippen molar-refractivity contribution in [1.29, 1.82) is 0 Å². The summed E-state index contributed by atoms with van der Waals surface area (Å²) in [6.07, 6.45) is 2.67. The third kappa shape index (κ3) is 3.91. The lowest BCUT2D eigenvalue weighted by atomic mass is 10.2. The molecule has 1 saturated heterocycles. The molecule has 2 heterocycles. The summed E-state index contributed by atoms with van der Waals surface area (Å²) in [5, 5.41) is 2.71. The van der Waals surface area contributed by atoms with E-state index in [0.717, 1.165) is 33.6 Å². The maximum absolute atomic E-state index is 12.6. The molecule has 0 saturated carbocycles. The van der Waals surface area contributed by atoms with Crippen molar-refractivity contribution in [3.8, 4) is 0 Å². The number of ether oxygens (including phenoxy) is 1. The predicted octanol–water partition coefficient (Wildman–Crippen LogP) is 2.04. The molecule has 1 fully saturated rings. The van der Waals surface area contributed by atoms with Gasteiger partial charge in [0.05, 0.1) is 12.6 Å². The molecule has 2 N–H and O–H groups in total. The number of rotatable bonds is 4. The van der Waals surface area contributed by atoms with Crippen LogP contribution in [0.5, 0.6) is 0 Å². The summed E-state index contributed by atoms with van der Waals surface area (Å²) in [5.41, 5.74) is 0.180. The first-order valence-electron chi connectivity index (χ1n) is 7.97. The molecular weight excluding hydrogens is 390 g/mol. The molecule has 0 radical (unpaired) electrons. The van der Waals surface area contributed by atoms with Crippen LogP contribution < -0.4 is 16.6 Å². The van der Waals surface area contributed by atoms with Crippen LogP contribution in [0.1, 0.15) is 28.8 Å². The lowest BCUT2D eigenvalue weighted by molar-refractivity contribution is 0.0941. The van der Waals surface area contributed by atoms with Crippen molar-refractivity contribution in [1.82, 2.24) is 9.55 Å². The fourth-order valence-corrected chi connectivity index (χ4v) is 3.26. The molecule has 3 rings (SSSR count). The number of nitrogens with zero attached hydrogens (tertiary/aromatic N) is 1. The average Bonchev–Trinajstić information content (AvgIpc) is 3.07. The summed E-state index contributed by atoms with van der Waals surface area (Å²) in [5.74, 6) is -0.562. The van der Waals surface area contributed by atoms with E-state index in [0.29, 0.717) is 12.3 Å². The van der Waals surface area contributed by atoms with Gasteiger partial charge in [0.2, 0.25) is 0 Å². The first kappa shape index (κ1) is 17.6. The zero-order valence-corrected chi connectivity index (χ0v) is 15.3. The fraction of sp³-hybridized carbons (Fsp3) is 0.353. The Bertz CT molecular complexity index is 913. The Hall–Kier alpha value is -2.19. The lowest BCUT2D eigenvalue weighted by Gasteiger charge is -2.12. The maximum Gasteiger partial charge on any atom is 0.328 e. The summed E-state index contributed by atoms with van der Waals surface area (Å²) in [6, 6.07) is 5.40. The van der Waals surface area contributed by atoms with E-state index in [-0.39, 0.29) is 18.2 Å². The van der Waals surface area contributed by atoms with E-state index < -0.39 is 17.2 Å². The molecule has 8 heteroatoms. The van der Waals surface area contributed by atoms with Crippen LogP contribution in [0.25, 0.3) is 0 Å². The van der Waals surface area contributed by atoms with Crippen molar-refractivity contribution in [2.75, 3.05) is 11.9 Å². The van der Waals surface area contributed by atoms with E-state index >= 15 is 0 Å². The highest BCUT2D eigenvalue weighted by Gasteiger charge is 2.21. The molecule has 25 heavy (non-hydrogen) atoms. The number of carbonyl (C=O) groups excluding carboxylic acids is 1. The highest BCUT2D eigenvalue weighted by molar-refractivity contribution is 9.10. The van der Waals surface area contributed by atoms with E-state index in [1.54, 1.807) is 12.1 Å². The van der Waals surface area contributed by atoms with Crippen molar-refractivity contribution in [3.05, 3.63) is 60.8 Å². The highest BCUT2D eigenvalue weighted by Crippen LogP contribution is 2.20. The standard InChI is InChI=1S/C17H18BrN3O4/c1-10-7-11(18)4-5-14(10)20-15(22)13-8-19-17(24)21(16(13)23)9-12-3-2-6-25-12/h4-5,7-8,12H,2-3,6,9H2,1H3,(H,19,24)(H,20,22). The van der Waals surface area contributed by atoms with E-state index in [1.165, 1.54) is 0 Å². The van der Waals surface area contributed by atoms with Gasteiger partial charge >= 0.3 is 5.69 Å². The molecule has 2 aromatic rings. The number of nitrogens with one attached hydrogen (secondary N) is 2. The Morgan fingerprint density at radius 3 is 2.92 bits per heavy atom. The van der Waals surface area contributed by atoms with E-state index in [2.05, 4.69) is 26.2 Å². The van der Waals surface area contributed by atoms with Crippen molar-refractivity contribution < 1.29 is 9.53 Å². The minimum absolute atomic E-state index is 0.111. The molecule has 0 spiro atoms. The number of hydrogen-bond donors (Lipinski definition) is 2. The smallest absolute Gasteiger partial charge is 0.328 e. The fourth-order valence-electron chi connectivity index (χ4n) is 2.79. The third-order valence-corrected chi connectivity index (χ3v) is 4.65. The largest absolute Gasteiger partial charge is 0.376 e. The Balaban J connectivity index is 1.87. The van der Waals surface area contributed by atoms with Crippen LogP contribution in [0, 0.1) is 6.92 Å². The quantitative estimate of drug-likeness (QED) is 0.810. The SMILES string of the molecule is Cc1cc(Br)ccc1NC(=O)c1c[nH]c(=O)n(CC2CCCO2)c1=O. The van der Waals surface area contributed by atoms with E-state index in [9.17, 15) is 14.4 Å². The number of hydrogen-bond acceptors (Lipinski definition) is 4. The van der Waals surface area contributed by atoms with Crippen molar-refractivity contribution >= 4 is 27.5 Å². The van der Waals surface area contributed by atoms with Crippen molar-refractivity contribution in [3.63, 3.8) is 0 Å². The van der Waals surface area contributed by atoms with Gasteiger partial charge in [-0.05, 0) is 43.5 Å². The molecule has 132 valence electrons. The van der Waals surface area contributed by atoms with Gasteiger partial charge in [-0.25, -0.2) is 4.79 Å². The minimum Gasteiger partial charge on any atom is -0.376 e. The third-order valence-electron chi connectivity index (χ3n) is 4.15. The number of aryl methyl sites for hydroxylation is 1. The second kappa shape index (κ2) is 7.37. The van der Waals surface area contributed by atoms with Gasteiger partial charge in [0.15, 0.2) is 0 Å². The van der Waals surface area contributed by atoms with Crippen LogP contribution >= 0.6 is 15.9 Å². The van der Waals surface area contributed by atoms with Crippen LogP contribution in [0.15, 0.2) is 38.5 Å². The first-order valence-corrected chi connectivity index (χ1v) is 8.76. The second-order valence-electron chi connectivity index (χ2n) is 5.97. The zero-order valence-electron chi connectivity index (χ0n) is 13.7.